The summed E-state index contributed by atoms with van der Waals surface area (Å²) >= 11 is 0. The molecule has 0 spiro atoms. The molecule has 0 aromatic heterocycles. The van der Waals surface area contributed by atoms with Gasteiger partial charge in [0.15, 0.2) is 0 Å². The molecule has 102 valence electrons. The van der Waals surface area contributed by atoms with E-state index in [4.69, 9.17) is 4.74 Å². The van der Waals surface area contributed by atoms with E-state index >= 15 is 0 Å². The van der Waals surface area contributed by atoms with E-state index in [1.54, 1.807) is 6.92 Å². The molecule has 0 aliphatic carbocycles. The van der Waals surface area contributed by atoms with Crippen LogP contribution in [0.1, 0.15) is 51.9 Å². The van der Waals surface area contributed by atoms with Crippen molar-refractivity contribution in [3.8, 4) is 0 Å². The topological polar surface area (TPSA) is 46.6 Å². The Balaban J connectivity index is 1.90. The van der Waals surface area contributed by atoms with Gasteiger partial charge in [0.2, 0.25) is 5.91 Å². The zero-order valence-corrected chi connectivity index (χ0v) is 11.2. The van der Waals surface area contributed by atoms with Crippen LogP contribution in [0.2, 0.25) is 0 Å². The minimum absolute atomic E-state index is 0.109. The fourth-order valence-electron chi connectivity index (χ4n) is 2.99. The van der Waals surface area contributed by atoms with Crippen molar-refractivity contribution in [3.63, 3.8) is 0 Å². The minimum atomic E-state index is 0.109. The molecule has 2 heterocycles. The summed E-state index contributed by atoms with van der Waals surface area (Å²) in [7, 11) is 0. The first-order valence-electron chi connectivity index (χ1n) is 7.07. The smallest absolute Gasteiger partial charge is 0.225 e. The Morgan fingerprint density at radius 2 is 2.00 bits per heavy atom. The highest BCUT2D eigenvalue weighted by molar-refractivity contribution is 5.80. The number of nitrogens with zero attached hydrogens (tertiary/aromatic N) is 1. The standard InChI is InChI=1S/C14H23NO3/c1-11(16)9-12-5-2-3-7-15(12)14(17)10-13-6-4-8-18-13/h12-13H,2-10H2,1H3. The van der Waals surface area contributed by atoms with Gasteiger partial charge in [-0.05, 0) is 39.0 Å². The van der Waals surface area contributed by atoms with E-state index in [0.717, 1.165) is 45.3 Å². The lowest BCUT2D eigenvalue weighted by atomic mass is 9.97. The molecule has 0 saturated carbocycles. The van der Waals surface area contributed by atoms with E-state index in [-0.39, 0.29) is 23.8 Å². The summed E-state index contributed by atoms with van der Waals surface area (Å²) in [5, 5.41) is 0. The quantitative estimate of drug-likeness (QED) is 0.769. The number of carbonyl (C=O) groups excluding carboxylic acids is 2. The lowest BCUT2D eigenvalue weighted by Gasteiger charge is -2.36. The van der Waals surface area contributed by atoms with Crippen LogP contribution in [0, 0.1) is 0 Å². The molecule has 1 amide bonds. The summed E-state index contributed by atoms with van der Waals surface area (Å²) in [5.74, 6) is 0.352. The van der Waals surface area contributed by atoms with Crippen molar-refractivity contribution in [1.29, 1.82) is 0 Å². The van der Waals surface area contributed by atoms with Crippen LogP contribution in [0.15, 0.2) is 0 Å². The Labute approximate surface area is 109 Å². The van der Waals surface area contributed by atoms with E-state index in [1.165, 1.54) is 0 Å². The van der Waals surface area contributed by atoms with Gasteiger partial charge in [0.05, 0.1) is 12.5 Å². The summed E-state index contributed by atoms with van der Waals surface area (Å²) in [4.78, 5) is 25.5. The number of piperidine rings is 1. The molecule has 4 nitrogen and oxygen atoms in total. The van der Waals surface area contributed by atoms with Gasteiger partial charge in [0.25, 0.3) is 0 Å². The molecule has 0 N–H and O–H groups in total. The van der Waals surface area contributed by atoms with Gasteiger partial charge in [-0.25, -0.2) is 0 Å². The predicted octanol–water partition coefficient (Wildman–Crippen LogP) is 1.92. The number of hydrogen-bond acceptors (Lipinski definition) is 3. The van der Waals surface area contributed by atoms with Gasteiger partial charge in [0, 0.05) is 25.6 Å². The fraction of sp³-hybridized carbons (Fsp3) is 0.857. The molecule has 2 aliphatic rings. The average Bonchev–Trinajstić information content (AvgIpc) is 2.81. The average molecular weight is 253 g/mol. The SMILES string of the molecule is CC(=O)CC1CCCCN1C(=O)CC1CCCO1. The van der Waals surface area contributed by atoms with E-state index in [9.17, 15) is 9.59 Å². The van der Waals surface area contributed by atoms with Crippen molar-refractivity contribution in [2.24, 2.45) is 0 Å². The van der Waals surface area contributed by atoms with Gasteiger partial charge in [-0.1, -0.05) is 0 Å². The second kappa shape index (κ2) is 6.32. The van der Waals surface area contributed by atoms with Crippen molar-refractivity contribution in [3.05, 3.63) is 0 Å². The third-order valence-corrected chi connectivity index (χ3v) is 3.90. The summed E-state index contributed by atoms with van der Waals surface area (Å²) in [6.45, 7) is 3.20. The first-order valence-corrected chi connectivity index (χ1v) is 7.07. The second-order valence-electron chi connectivity index (χ2n) is 5.48. The molecule has 2 unspecified atom stereocenters. The van der Waals surface area contributed by atoms with Crippen molar-refractivity contribution >= 4 is 11.7 Å². The van der Waals surface area contributed by atoms with E-state index < -0.39 is 0 Å². The number of ketones is 1. The molecular weight excluding hydrogens is 230 g/mol. The van der Waals surface area contributed by atoms with Gasteiger partial charge in [-0.3, -0.25) is 9.59 Å². The maximum Gasteiger partial charge on any atom is 0.225 e. The molecule has 2 rings (SSSR count). The van der Waals surface area contributed by atoms with E-state index in [2.05, 4.69) is 0 Å². The molecule has 18 heavy (non-hydrogen) atoms. The van der Waals surface area contributed by atoms with Gasteiger partial charge < -0.3 is 9.64 Å². The Morgan fingerprint density at radius 3 is 2.67 bits per heavy atom. The molecule has 0 aromatic rings. The summed E-state index contributed by atoms with van der Waals surface area (Å²) in [6.07, 6.45) is 6.33. The number of amides is 1. The van der Waals surface area contributed by atoms with Crippen molar-refractivity contribution in [2.75, 3.05) is 13.2 Å². The summed E-state index contributed by atoms with van der Waals surface area (Å²) in [6, 6.07) is 0.130. The molecule has 2 atom stereocenters. The number of Topliss-reactive ketones (excluding diaryl/α,β-unsaturated/α-hetero) is 1. The van der Waals surface area contributed by atoms with Gasteiger partial charge in [-0.2, -0.15) is 0 Å². The normalized spacial score (nSPS) is 28.4. The predicted molar refractivity (Wildman–Crippen MR) is 68.2 cm³/mol. The number of rotatable bonds is 4. The van der Waals surface area contributed by atoms with Gasteiger partial charge in [-0.15, -0.1) is 0 Å². The Morgan fingerprint density at radius 1 is 1.17 bits per heavy atom. The van der Waals surface area contributed by atoms with Crippen LogP contribution in [0.5, 0.6) is 0 Å². The Bertz CT molecular complexity index is 310. The Hall–Kier alpha value is -0.900. The largest absolute Gasteiger partial charge is 0.378 e. The lowest BCUT2D eigenvalue weighted by Crippen LogP contribution is -2.45. The number of carbonyl (C=O) groups is 2. The van der Waals surface area contributed by atoms with Crippen molar-refractivity contribution in [2.45, 2.75) is 64.0 Å². The third kappa shape index (κ3) is 3.55. The maximum atomic E-state index is 12.3. The zero-order chi connectivity index (χ0) is 13.0. The molecule has 0 bridgehead atoms. The highest BCUT2D eigenvalue weighted by Crippen LogP contribution is 2.23. The highest BCUT2D eigenvalue weighted by Gasteiger charge is 2.29. The van der Waals surface area contributed by atoms with Crippen molar-refractivity contribution < 1.29 is 14.3 Å². The van der Waals surface area contributed by atoms with Crippen LogP contribution in [-0.4, -0.2) is 41.9 Å². The molecule has 0 aromatic carbocycles. The summed E-state index contributed by atoms with van der Waals surface area (Å²) < 4.78 is 5.52. The molecule has 2 saturated heterocycles. The second-order valence-corrected chi connectivity index (χ2v) is 5.48. The minimum Gasteiger partial charge on any atom is -0.378 e. The van der Waals surface area contributed by atoms with E-state index in [0.29, 0.717) is 12.8 Å². The molecule has 2 aliphatic heterocycles. The molecule has 0 radical (unpaired) electrons. The Kier molecular flexibility index (Phi) is 4.75. The molecular formula is C14H23NO3. The third-order valence-electron chi connectivity index (χ3n) is 3.90. The van der Waals surface area contributed by atoms with Gasteiger partial charge >= 0.3 is 0 Å². The fourth-order valence-corrected chi connectivity index (χ4v) is 2.99. The number of ether oxygens (including phenoxy) is 1. The van der Waals surface area contributed by atoms with Crippen LogP contribution in [0.4, 0.5) is 0 Å². The zero-order valence-electron chi connectivity index (χ0n) is 11.2. The summed E-state index contributed by atoms with van der Waals surface area (Å²) in [5.41, 5.74) is 0. The van der Waals surface area contributed by atoms with Crippen molar-refractivity contribution in [1.82, 2.24) is 4.90 Å². The van der Waals surface area contributed by atoms with Crippen LogP contribution in [-0.2, 0) is 14.3 Å². The first kappa shape index (κ1) is 13.5. The number of hydrogen-bond donors (Lipinski definition) is 0. The van der Waals surface area contributed by atoms with Crippen LogP contribution in [0.25, 0.3) is 0 Å². The molecule has 2 fully saturated rings. The van der Waals surface area contributed by atoms with Crippen LogP contribution in [0.3, 0.4) is 0 Å². The van der Waals surface area contributed by atoms with E-state index in [1.807, 2.05) is 4.90 Å². The number of likely N-dealkylation sites (tertiary alicyclic amines) is 1. The molecule has 4 heteroatoms. The monoisotopic (exact) mass is 253 g/mol. The maximum absolute atomic E-state index is 12.3. The van der Waals surface area contributed by atoms with Gasteiger partial charge in [0.1, 0.15) is 5.78 Å². The first-order chi connectivity index (χ1) is 8.66. The van der Waals surface area contributed by atoms with Crippen LogP contribution < -0.4 is 0 Å². The highest BCUT2D eigenvalue weighted by atomic mass is 16.5. The van der Waals surface area contributed by atoms with Crippen LogP contribution >= 0.6 is 0 Å². The lowest BCUT2D eigenvalue weighted by molar-refractivity contribution is -0.138.